The van der Waals surface area contributed by atoms with Crippen molar-refractivity contribution < 1.29 is 9.66 Å². The van der Waals surface area contributed by atoms with Crippen molar-refractivity contribution in [1.82, 2.24) is 0 Å². The highest BCUT2D eigenvalue weighted by Crippen LogP contribution is 2.28. The Hall–Kier alpha value is -2.38. The number of nitro benzene ring substituents is 1. The molecule has 0 amide bonds. The SMILES string of the molecule is COc1ccc(C)cc1NC(=S)Nc1ccc([N+](=O)[O-])cc1Cl. The summed E-state index contributed by atoms with van der Waals surface area (Å²) in [6.45, 7) is 1.95. The van der Waals surface area contributed by atoms with E-state index in [2.05, 4.69) is 10.6 Å². The number of nitrogens with one attached hydrogen (secondary N) is 2. The van der Waals surface area contributed by atoms with Crippen molar-refractivity contribution in [3.05, 3.63) is 57.1 Å². The van der Waals surface area contributed by atoms with Gasteiger partial charge < -0.3 is 15.4 Å². The van der Waals surface area contributed by atoms with Crippen LogP contribution in [0.5, 0.6) is 5.75 Å². The van der Waals surface area contributed by atoms with Crippen LogP contribution in [0.25, 0.3) is 0 Å². The zero-order valence-corrected chi connectivity index (χ0v) is 14.0. The van der Waals surface area contributed by atoms with Crippen molar-refractivity contribution in [2.45, 2.75) is 6.92 Å². The lowest BCUT2D eigenvalue weighted by Gasteiger charge is -2.14. The second-order valence-electron chi connectivity index (χ2n) is 4.70. The Morgan fingerprint density at radius 3 is 2.52 bits per heavy atom. The molecule has 2 N–H and O–H groups in total. The molecule has 120 valence electrons. The highest BCUT2D eigenvalue weighted by molar-refractivity contribution is 7.80. The van der Waals surface area contributed by atoms with Crippen LogP contribution < -0.4 is 15.4 Å². The molecular weight excluding hydrogens is 338 g/mol. The Balaban J connectivity index is 2.14. The molecule has 0 atom stereocenters. The van der Waals surface area contributed by atoms with Crippen molar-refractivity contribution in [2.24, 2.45) is 0 Å². The molecule has 0 aliphatic rings. The topological polar surface area (TPSA) is 76.4 Å². The molecule has 0 spiro atoms. The number of benzene rings is 2. The van der Waals surface area contributed by atoms with Crippen molar-refractivity contribution >= 4 is 46.0 Å². The van der Waals surface area contributed by atoms with E-state index in [0.29, 0.717) is 22.2 Å². The third-order valence-electron chi connectivity index (χ3n) is 3.01. The van der Waals surface area contributed by atoms with Crippen LogP contribution in [0.15, 0.2) is 36.4 Å². The van der Waals surface area contributed by atoms with E-state index < -0.39 is 4.92 Å². The molecule has 0 saturated heterocycles. The normalized spacial score (nSPS) is 10.0. The van der Waals surface area contributed by atoms with Gasteiger partial charge in [0.1, 0.15) is 5.75 Å². The summed E-state index contributed by atoms with van der Waals surface area (Å²) in [5.74, 6) is 0.648. The lowest BCUT2D eigenvalue weighted by Crippen LogP contribution is -2.19. The lowest BCUT2D eigenvalue weighted by molar-refractivity contribution is -0.384. The average molecular weight is 352 g/mol. The number of hydrogen-bond acceptors (Lipinski definition) is 4. The summed E-state index contributed by atoms with van der Waals surface area (Å²) in [4.78, 5) is 10.2. The number of nitro groups is 1. The maximum atomic E-state index is 10.7. The van der Waals surface area contributed by atoms with Crippen molar-refractivity contribution in [3.8, 4) is 5.75 Å². The van der Waals surface area contributed by atoms with E-state index in [1.54, 1.807) is 7.11 Å². The van der Waals surface area contributed by atoms with Gasteiger partial charge in [0.25, 0.3) is 5.69 Å². The number of rotatable bonds is 4. The Bertz CT molecular complexity index is 768. The van der Waals surface area contributed by atoms with E-state index in [1.807, 2.05) is 25.1 Å². The molecule has 0 bridgehead atoms. The Morgan fingerprint density at radius 1 is 1.22 bits per heavy atom. The minimum atomic E-state index is -0.510. The van der Waals surface area contributed by atoms with Gasteiger partial charge in [-0.1, -0.05) is 17.7 Å². The van der Waals surface area contributed by atoms with Crippen molar-refractivity contribution in [1.29, 1.82) is 0 Å². The monoisotopic (exact) mass is 351 g/mol. The van der Waals surface area contributed by atoms with Gasteiger partial charge in [0, 0.05) is 12.1 Å². The molecule has 23 heavy (non-hydrogen) atoms. The van der Waals surface area contributed by atoms with Crippen LogP contribution in [0.3, 0.4) is 0 Å². The molecule has 2 aromatic rings. The molecule has 2 aromatic carbocycles. The molecule has 0 unspecified atom stereocenters. The van der Waals surface area contributed by atoms with Gasteiger partial charge >= 0.3 is 0 Å². The van der Waals surface area contributed by atoms with E-state index in [-0.39, 0.29) is 10.7 Å². The molecule has 6 nitrogen and oxygen atoms in total. The number of methoxy groups -OCH3 is 1. The minimum Gasteiger partial charge on any atom is -0.495 e. The number of halogens is 1. The fourth-order valence-corrected chi connectivity index (χ4v) is 2.36. The Morgan fingerprint density at radius 2 is 1.91 bits per heavy atom. The third kappa shape index (κ3) is 4.30. The van der Waals surface area contributed by atoms with Crippen LogP contribution in [-0.2, 0) is 0 Å². The zero-order valence-electron chi connectivity index (χ0n) is 12.4. The second kappa shape index (κ2) is 7.26. The summed E-state index contributed by atoms with van der Waals surface area (Å²) in [6.07, 6.45) is 0. The van der Waals surface area contributed by atoms with Gasteiger partial charge in [-0.05, 0) is 42.9 Å². The highest BCUT2D eigenvalue weighted by atomic mass is 35.5. The molecule has 0 fully saturated rings. The summed E-state index contributed by atoms with van der Waals surface area (Å²) >= 11 is 11.3. The standard InChI is InChI=1S/C15H14ClN3O3S/c1-9-3-6-14(22-2)13(7-9)18-15(23)17-12-5-4-10(19(20)21)8-11(12)16/h3-8H,1-2H3,(H2,17,18,23). The number of anilines is 2. The van der Waals surface area contributed by atoms with Gasteiger partial charge in [-0.15, -0.1) is 0 Å². The second-order valence-corrected chi connectivity index (χ2v) is 5.52. The first-order valence-corrected chi connectivity index (χ1v) is 7.36. The van der Waals surface area contributed by atoms with Crippen molar-refractivity contribution in [3.63, 3.8) is 0 Å². The average Bonchev–Trinajstić information content (AvgIpc) is 2.49. The molecule has 0 heterocycles. The number of thiocarbonyl (C=S) groups is 1. The largest absolute Gasteiger partial charge is 0.495 e. The third-order valence-corrected chi connectivity index (χ3v) is 3.53. The number of ether oxygens (including phenoxy) is 1. The van der Waals surface area contributed by atoms with Crippen LogP contribution >= 0.6 is 23.8 Å². The molecule has 0 aliphatic carbocycles. The van der Waals surface area contributed by atoms with E-state index in [0.717, 1.165) is 5.56 Å². The smallest absolute Gasteiger partial charge is 0.271 e. The fraction of sp³-hybridized carbons (Fsp3) is 0.133. The summed E-state index contributed by atoms with van der Waals surface area (Å²) in [6, 6.07) is 9.77. The van der Waals surface area contributed by atoms with Gasteiger partial charge in [0.15, 0.2) is 5.11 Å². The molecule has 8 heteroatoms. The van der Waals surface area contributed by atoms with E-state index in [1.165, 1.54) is 18.2 Å². The molecule has 0 aromatic heterocycles. The Labute approximate surface area is 143 Å². The summed E-state index contributed by atoms with van der Waals surface area (Å²) < 4.78 is 5.27. The first-order chi connectivity index (χ1) is 10.9. The molecular formula is C15H14ClN3O3S. The van der Waals surface area contributed by atoms with Gasteiger partial charge in [-0.2, -0.15) is 0 Å². The fourth-order valence-electron chi connectivity index (χ4n) is 1.91. The number of hydrogen-bond donors (Lipinski definition) is 2. The van der Waals surface area contributed by atoms with Crippen LogP contribution in [0.2, 0.25) is 5.02 Å². The molecule has 0 saturated carbocycles. The Kier molecular flexibility index (Phi) is 5.36. The number of aryl methyl sites for hydroxylation is 1. The minimum absolute atomic E-state index is 0.0835. The van der Waals surface area contributed by atoms with Crippen LogP contribution in [0.4, 0.5) is 17.1 Å². The first kappa shape index (κ1) is 17.0. The summed E-state index contributed by atoms with van der Waals surface area (Å²) in [5.41, 5.74) is 2.15. The zero-order chi connectivity index (χ0) is 17.0. The predicted octanol–water partition coefficient (Wildman–Crippen LogP) is 4.37. The number of nitrogens with zero attached hydrogens (tertiary/aromatic N) is 1. The van der Waals surface area contributed by atoms with Gasteiger partial charge in [-0.25, -0.2) is 0 Å². The van der Waals surface area contributed by atoms with Crippen LogP contribution in [0, 0.1) is 17.0 Å². The first-order valence-electron chi connectivity index (χ1n) is 6.57. The maximum Gasteiger partial charge on any atom is 0.271 e. The summed E-state index contributed by atoms with van der Waals surface area (Å²) in [7, 11) is 1.57. The van der Waals surface area contributed by atoms with Crippen LogP contribution in [0.1, 0.15) is 5.56 Å². The van der Waals surface area contributed by atoms with Gasteiger partial charge in [0.05, 0.1) is 28.4 Å². The predicted molar refractivity (Wildman–Crippen MR) is 95.7 cm³/mol. The highest BCUT2D eigenvalue weighted by Gasteiger charge is 2.11. The van der Waals surface area contributed by atoms with Crippen LogP contribution in [-0.4, -0.2) is 17.1 Å². The van der Waals surface area contributed by atoms with E-state index >= 15 is 0 Å². The van der Waals surface area contributed by atoms with E-state index in [9.17, 15) is 10.1 Å². The van der Waals surface area contributed by atoms with Crippen molar-refractivity contribution in [2.75, 3.05) is 17.7 Å². The maximum absolute atomic E-state index is 10.7. The number of non-ortho nitro benzene ring substituents is 1. The lowest BCUT2D eigenvalue weighted by atomic mass is 10.2. The molecule has 0 radical (unpaired) electrons. The molecule has 0 aliphatic heterocycles. The quantitative estimate of drug-likeness (QED) is 0.484. The van der Waals surface area contributed by atoms with E-state index in [4.69, 9.17) is 28.6 Å². The summed E-state index contributed by atoms with van der Waals surface area (Å²) in [5, 5.41) is 17.1. The van der Waals surface area contributed by atoms with Gasteiger partial charge in [0.2, 0.25) is 0 Å². The molecule has 2 rings (SSSR count). The van der Waals surface area contributed by atoms with Gasteiger partial charge in [-0.3, -0.25) is 10.1 Å².